The Kier molecular flexibility index (Phi) is 9.49. The lowest BCUT2D eigenvalue weighted by molar-refractivity contribution is 0.0213. The quantitative estimate of drug-likeness (QED) is 0.589. The third kappa shape index (κ3) is 6.55. The molecule has 0 aromatic heterocycles. The van der Waals surface area contributed by atoms with E-state index in [1.54, 1.807) is 0 Å². The minimum absolute atomic E-state index is 0.443. The van der Waals surface area contributed by atoms with Gasteiger partial charge >= 0.3 is 0 Å². The van der Waals surface area contributed by atoms with Gasteiger partial charge in [0.2, 0.25) is 0 Å². The number of rotatable bonds is 11. The van der Waals surface area contributed by atoms with Crippen LogP contribution < -0.4 is 5.32 Å². The molecule has 1 N–H and O–H groups in total. The monoisotopic (exact) mass is 284 g/mol. The van der Waals surface area contributed by atoms with E-state index in [0.29, 0.717) is 12.2 Å². The Morgan fingerprint density at radius 2 is 1.80 bits per heavy atom. The van der Waals surface area contributed by atoms with Gasteiger partial charge < -0.3 is 15.0 Å². The molecule has 120 valence electrons. The van der Waals surface area contributed by atoms with Crippen molar-refractivity contribution in [2.45, 2.75) is 72.0 Å². The van der Waals surface area contributed by atoms with Crippen molar-refractivity contribution in [3.8, 4) is 0 Å². The van der Waals surface area contributed by atoms with Crippen molar-refractivity contribution in [1.29, 1.82) is 0 Å². The molecule has 0 aromatic carbocycles. The van der Waals surface area contributed by atoms with E-state index in [-0.39, 0.29) is 0 Å². The lowest BCUT2D eigenvalue weighted by Crippen LogP contribution is -2.36. The maximum absolute atomic E-state index is 6.18. The molecular formula is C17H36N2O. The molecule has 0 saturated carbocycles. The van der Waals surface area contributed by atoms with Crippen LogP contribution in [0.3, 0.4) is 0 Å². The third-order valence-electron chi connectivity index (χ3n) is 4.57. The predicted molar refractivity (Wildman–Crippen MR) is 87.2 cm³/mol. The van der Waals surface area contributed by atoms with Gasteiger partial charge in [0.15, 0.2) is 0 Å². The first-order valence-corrected chi connectivity index (χ1v) is 8.81. The van der Waals surface area contributed by atoms with Gasteiger partial charge in [0, 0.05) is 19.6 Å². The van der Waals surface area contributed by atoms with E-state index >= 15 is 0 Å². The number of hydrogen-bond donors (Lipinski definition) is 1. The maximum Gasteiger partial charge on any atom is 0.0707 e. The van der Waals surface area contributed by atoms with E-state index in [1.165, 1.54) is 38.6 Å². The van der Waals surface area contributed by atoms with Crippen LogP contribution in [0.1, 0.15) is 59.8 Å². The molecule has 0 amide bonds. The van der Waals surface area contributed by atoms with Crippen LogP contribution in [0.5, 0.6) is 0 Å². The van der Waals surface area contributed by atoms with Gasteiger partial charge in [0.05, 0.1) is 12.2 Å². The van der Waals surface area contributed by atoms with Crippen molar-refractivity contribution in [2.24, 2.45) is 5.92 Å². The fourth-order valence-electron chi connectivity index (χ4n) is 3.04. The lowest BCUT2D eigenvalue weighted by atomic mass is 10.0. The number of nitrogens with zero attached hydrogens (tertiary/aromatic N) is 1. The smallest absolute Gasteiger partial charge is 0.0707 e. The summed E-state index contributed by atoms with van der Waals surface area (Å²) in [6.45, 7) is 14.8. The van der Waals surface area contributed by atoms with E-state index in [0.717, 1.165) is 32.1 Å². The van der Waals surface area contributed by atoms with Gasteiger partial charge in [-0.05, 0) is 38.3 Å². The standard InChI is InChI=1S/C17H36N2O/c1-5-11-18-12-16-9-10-17(20-16)14-19(8-4)13-15(6-2)7-3/h15-18H,5-14H2,1-4H3. The molecule has 1 saturated heterocycles. The van der Waals surface area contributed by atoms with Crippen molar-refractivity contribution >= 4 is 0 Å². The summed E-state index contributed by atoms with van der Waals surface area (Å²) in [5.74, 6) is 0.846. The Bertz CT molecular complexity index is 231. The predicted octanol–water partition coefficient (Wildman–Crippen LogP) is 3.29. The molecule has 20 heavy (non-hydrogen) atoms. The average molecular weight is 284 g/mol. The van der Waals surface area contributed by atoms with Gasteiger partial charge in [-0.2, -0.15) is 0 Å². The summed E-state index contributed by atoms with van der Waals surface area (Å²) in [7, 11) is 0. The molecule has 1 heterocycles. The van der Waals surface area contributed by atoms with Crippen LogP contribution in [-0.2, 0) is 4.74 Å². The second kappa shape index (κ2) is 10.6. The Morgan fingerprint density at radius 1 is 1.10 bits per heavy atom. The highest BCUT2D eigenvalue weighted by molar-refractivity contribution is 4.78. The molecule has 3 nitrogen and oxygen atoms in total. The van der Waals surface area contributed by atoms with Crippen LogP contribution in [0.2, 0.25) is 0 Å². The van der Waals surface area contributed by atoms with Crippen LogP contribution in [0.4, 0.5) is 0 Å². The van der Waals surface area contributed by atoms with E-state index in [9.17, 15) is 0 Å². The SMILES string of the molecule is CCCNCC1CCC(CN(CC)CC(CC)CC)O1. The molecule has 0 radical (unpaired) electrons. The molecule has 3 heteroatoms. The third-order valence-corrected chi connectivity index (χ3v) is 4.57. The number of hydrogen-bond acceptors (Lipinski definition) is 3. The minimum atomic E-state index is 0.443. The van der Waals surface area contributed by atoms with Crippen LogP contribution in [-0.4, -0.2) is 49.8 Å². The fourth-order valence-corrected chi connectivity index (χ4v) is 3.04. The summed E-state index contributed by atoms with van der Waals surface area (Å²) < 4.78 is 6.18. The first-order valence-electron chi connectivity index (χ1n) is 8.81. The van der Waals surface area contributed by atoms with Crippen molar-refractivity contribution in [2.75, 3.05) is 32.7 Å². The highest BCUT2D eigenvalue weighted by atomic mass is 16.5. The summed E-state index contributed by atoms with van der Waals surface area (Å²) in [6.07, 6.45) is 7.15. The van der Waals surface area contributed by atoms with E-state index in [4.69, 9.17) is 4.74 Å². The Morgan fingerprint density at radius 3 is 2.40 bits per heavy atom. The van der Waals surface area contributed by atoms with E-state index < -0.39 is 0 Å². The first-order chi connectivity index (χ1) is 9.73. The first kappa shape index (κ1) is 17.9. The molecule has 0 spiro atoms. The number of likely N-dealkylation sites (N-methyl/N-ethyl adjacent to an activating group) is 1. The summed E-state index contributed by atoms with van der Waals surface area (Å²) in [6, 6.07) is 0. The molecule has 2 unspecified atom stereocenters. The Labute approximate surface area is 126 Å². The number of nitrogens with one attached hydrogen (secondary N) is 1. The van der Waals surface area contributed by atoms with Crippen LogP contribution in [0.15, 0.2) is 0 Å². The zero-order valence-corrected chi connectivity index (χ0v) is 14.2. The molecule has 1 rings (SSSR count). The van der Waals surface area contributed by atoms with Gasteiger partial charge in [-0.3, -0.25) is 0 Å². The molecule has 1 fully saturated rings. The van der Waals surface area contributed by atoms with Crippen molar-refractivity contribution in [3.63, 3.8) is 0 Å². The molecule has 1 aliphatic heterocycles. The average Bonchev–Trinajstić information content (AvgIpc) is 2.91. The highest BCUT2D eigenvalue weighted by Crippen LogP contribution is 2.21. The zero-order valence-electron chi connectivity index (χ0n) is 14.2. The summed E-state index contributed by atoms with van der Waals surface area (Å²) in [4.78, 5) is 2.59. The molecule has 0 bridgehead atoms. The molecule has 0 aromatic rings. The van der Waals surface area contributed by atoms with Crippen LogP contribution in [0, 0.1) is 5.92 Å². The Hall–Kier alpha value is -0.120. The maximum atomic E-state index is 6.18. The Balaban J connectivity index is 2.25. The summed E-state index contributed by atoms with van der Waals surface area (Å²) in [5, 5.41) is 3.48. The van der Waals surface area contributed by atoms with Crippen molar-refractivity contribution in [1.82, 2.24) is 10.2 Å². The van der Waals surface area contributed by atoms with Crippen LogP contribution >= 0.6 is 0 Å². The van der Waals surface area contributed by atoms with Gasteiger partial charge in [-0.25, -0.2) is 0 Å². The second-order valence-electron chi connectivity index (χ2n) is 6.20. The largest absolute Gasteiger partial charge is 0.372 e. The van der Waals surface area contributed by atoms with Crippen molar-refractivity contribution < 1.29 is 4.74 Å². The zero-order chi connectivity index (χ0) is 14.8. The fraction of sp³-hybridized carbons (Fsp3) is 1.00. The highest BCUT2D eigenvalue weighted by Gasteiger charge is 2.26. The van der Waals surface area contributed by atoms with E-state index in [1.807, 2.05) is 0 Å². The summed E-state index contributed by atoms with van der Waals surface area (Å²) >= 11 is 0. The number of ether oxygens (including phenoxy) is 1. The van der Waals surface area contributed by atoms with Crippen molar-refractivity contribution in [3.05, 3.63) is 0 Å². The van der Waals surface area contributed by atoms with Gasteiger partial charge in [-0.1, -0.05) is 40.5 Å². The molecule has 2 atom stereocenters. The topological polar surface area (TPSA) is 24.5 Å². The van der Waals surface area contributed by atoms with E-state index in [2.05, 4.69) is 37.9 Å². The molecular weight excluding hydrogens is 248 g/mol. The lowest BCUT2D eigenvalue weighted by Gasteiger charge is -2.27. The minimum Gasteiger partial charge on any atom is -0.372 e. The van der Waals surface area contributed by atoms with Crippen LogP contribution in [0.25, 0.3) is 0 Å². The second-order valence-corrected chi connectivity index (χ2v) is 6.20. The van der Waals surface area contributed by atoms with Gasteiger partial charge in [0.25, 0.3) is 0 Å². The summed E-state index contributed by atoms with van der Waals surface area (Å²) in [5.41, 5.74) is 0. The molecule has 1 aliphatic rings. The van der Waals surface area contributed by atoms with Gasteiger partial charge in [-0.15, -0.1) is 0 Å². The normalized spacial score (nSPS) is 23.1. The van der Waals surface area contributed by atoms with Gasteiger partial charge in [0.1, 0.15) is 0 Å². The molecule has 0 aliphatic carbocycles.